The van der Waals surface area contributed by atoms with Crippen molar-refractivity contribution in [3.8, 4) is 0 Å². The summed E-state index contributed by atoms with van der Waals surface area (Å²) in [4.78, 5) is 16.6. The van der Waals surface area contributed by atoms with Gasteiger partial charge in [0.2, 0.25) is 0 Å². The van der Waals surface area contributed by atoms with Crippen LogP contribution in [0.15, 0.2) is 9.98 Å². The van der Waals surface area contributed by atoms with Crippen molar-refractivity contribution in [3.05, 3.63) is 15.0 Å². The van der Waals surface area contributed by atoms with Gasteiger partial charge in [0.1, 0.15) is 0 Å². The largest absolute Gasteiger partial charge is 0.465 e. The van der Waals surface area contributed by atoms with E-state index >= 15 is 0 Å². The number of hydrogen-bond acceptors (Lipinski definition) is 4. The van der Waals surface area contributed by atoms with E-state index in [2.05, 4.69) is 41.7 Å². The van der Waals surface area contributed by atoms with Gasteiger partial charge >= 0.3 is 5.97 Å². The summed E-state index contributed by atoms with van der Waals surface area (Å²) < 4.78 is 6.46. The molecule has 1 aliphatic carbocycles. The third kappa shape index (κ3) is 4.31. The second-order valence-electron chi connectivity index (χ2n) is 6.76. The van der Waals surface area contributed by atoms with Gasteiger partial charge in [-0.15, -0.1) is 11.3 Å². The normalized spacial score (nSPS) is 22.5. The number of ether oxygens (including phenoxy) is 1. The molecule has 0 saturated heterocycles. The molecule has 0 amide bonds. The topological polar surface area (TPSA) is 39.2 Å². The molecular weight excluding hydrogens is 362 g/mol. The van der Waals surface area contributed by atoms with Crippen LogP contribution >= 0.6 is 27.3 Å². The number of esters is 1. The second-order valence-corrected chi connectivity index (χ2v) is 9.17. The Morgan fingerprint density at radius 1 is 1.41 bits per heavy atom. The van der Waals surface area contributed by atoms with Gasteiger partial charge in [-0.1, -0.05) is 27.2 Å². The Kier molecular flexibility index (Phi) is 6.45. The van der Waals surface area contributed by atoms with Crippen molar-refractivity contribution < 1.29 is 9.53 Å². The van der Waals surface area contributed by atoms with E-state index in [-0.39, 0.29) is 17.3 Å². The van der Waals surface area contributed by atoms with Crippen LogP contribution in [0.3, 0.4) is 0 Å². The summed E-state index contributed by atoms with van der Waals surface area (Å²) in [5.74, 6) is 0.707. The maximum absolute atomic E-state index is 12.1. The molecule has 1 aliphatic rings. The predicted octanol–water partition coefficient (Wildman–Crippen LogP) is 5.33. The van der Waals surface area contributed by atoms with Gasteiger partial charge in [-0.3, -0.25) is 4.79 Å². The first-order valence-electron chi connectivity index (χ1n) is 8.23. The molecule has 0 bridgehead atoms. The van der Waals surface area contributed by atoms with Crippen LogP contribution in [0.5, 0.6) is 0 Å². The summed E-state index contributed by atoms with van der Waals surface area (Å²) in [5, 5.41) is 1.19. The van der Waals surface area contributed by atoms with E-state index in [0.29, 0.717) is 12.5 Å². The predicted molar refractivity (Wildman–Crippen MR) is 94.2 cm³/mol. The lowest BCUT2D eigenvalue weighted by atomic mass is 9.69. The number of carbonyl (C=O) groups excluding carboxylic acids is 1. The molecule has 124 valence electrons. The van der Waals surface area contributed by atoms with Crippen LogP contribution in [0.25, 0.3) is 0 Å². The number of nitrogens with zero attached hydrogens (tertiary/aromatic N) is 1. The van der Waals surface area contributed by atoms with Crippen molar-refractivity contribution >= 4 is 33.2 Å². The molecule has 0 unspecified atom stereocenters. The van der Waals surface area contributed by atoms with Crippen molar-refractivity contribution in [1.29, 1.82) is 0 Å². The van der Waals surface area contributed by atoms with E-state index in [9.17, 15) is 4.79 Å². The summed E-state index contributed by atoms with van der Waals surface area (Å²) in [6, 6.07) is 0. The lowest BCUT2D eigenvalue weighted by molar-refractivity contribution is -0.150. The number of carbonyl (C=O) groups is 1. The van der Waals surface area contributed by atoms with E-state index in [1.54, 1.807) is 11.3 Å². The Hall–Kier alpha value is -0.420. The number of thiazole rings is 1. The molecule has 0 atom stereocenters. The molecule has 0 spiro atoms. The first-order valence-corrected chi connectivity index (χ1v) is 9.84. The molecule has 1 saturated carbocycles. The Labute approximate surface area is 146 Å². The van der Waals surface area contributed by atoms with Crippen molar-refractivity contribution in [1.82, 2.24) is 4.98 Å². The lowest BCUT2D eigenvalue weighted by Gasteiger charge is -2.37. The number of rotatable bonds is 6. The van der Waals surface area contributed by atoms with Gasteiger partial charge in [-0.2, -0.15) is 0 Å². The quantitative estimate of drug-likeness (QED) is 0.488. The molecule has 2 rings (SSSR count). The summed E-state index contributed by atoms with van der Waals surface area (Å²) in [6.07, 6.45) is 7.98. The molecule has 3 nitrogen and oxygen atoms in total. The fourth-order valence-corrected chi connectivity index (χ4v) is 4.60. The molecule has 1 aromatic heterocycles. The summed E-state index contributed by atoms with van der Waals surface area (Å²) >= 11 is 5.22. The molecule has 0 aromatic carbocycles. The average Bonchev–Trinajstić information content (AvgIpc) is 2.95. The van der Waals surface area contributed by atoms with E-state index in [0.717, 1.165) is 42.3 Å². The molecule has 1 fully saturated rings. The standard InChI is InChI=1S/C17H26BrNO2S/c1-4-5-10-21-15(20)12-6-8-13(9-7-12)17(2,3)16-19-11-14(18)22-16/h11-13H,4-10H2,1-3H3/t12-,13-. The van der Waals surface area contributed by atoms with Crippen LogP contribution in [-0.4, -0.2) is 17.6 Å². The SMILES string of the molecule is CCCCOC(=O)[C@H]1CC[C@H](C(C)(C)c2ncc(Br)s2)CC1. The van der Waals surface area contributed by atoms with E-state index in [1.807, 2.05) is 6.20 Å². The minimum atomic E-state index is 0.0155. The Balaban J connectivity index is 1.87. The van der Waals surface area contributed by atoms with Crippen LogP contribution in [-0.2, 0) is 14.9 Å². The molecule has 0 N–H and O–H groups in total. The maximum Gasteiger partial charge on any atom is 0.308 e. The van der Waals surface area contributed by atoms with Crippen LogP contribution in [0.1, 0.15) is 64.3 Å². The van der Waals surface area contributed by atoms with Crippen LogP contribution in [0.4, 0.5) is 0 Å². The number of halogens is 1. The zero-order valence-corrected chi connectivity index (χ0v) is 16.1. The third-order valence-corrected chi connectivity index (χ3v) is 6.67. The minimum Gasteiger partial charge on any atom is -0.465 e. The summed E-state index contributed by atoms with van der Waals surface area (Å²) in [5.41, 5.74) is 0.0772. The highest BCUT2D eigenvalue weighted by molar-refractivity contribution is 9.11. The molecule has 1 aromatic rings. The van der Waals surface area contributed by atoms with Crippen molar-refractivity contribution in [3.63, 3.8) is 0 Å². The van der Waals surface area contributed by atoms with Crippen LogP contribution in [0, 0.1) is 11.8 Å². The van der Waals surface area contributed by atoms with Gasteiger partial charge in [0.25, 0.3) is 0 Å². The number of hydrogen-bond donors (Lipinski definition) is 0. The van der Waals surface area contributed by atoms with Crippen LogP contribution < -0.4 is 0 Å². The van der Waals surface area contributed by atoms with Gasteiger partial charge < -0.3 is 4.74 Å². The van der Waals surface area contributed by atoms with Gasteiger partial charge in [-0.05, 0) is 54.0 Å². The molecule has 22 heavy (non-hydrogen) atoms. The smallest absolute Gasteiger partial charge is 0.308 e. The lowest BCUT2D eigenvalue weighted by Crippen LogP contribution is -2.34. The van der Waals surface area contributed by atoms with Gasteiger partial charge in [0, 0.05) is 5.41 Å². The van der Waals surface area contributed by atoms with Crippen molar-refractivity contribution in [2.75, 3.05) is 6.61 Å². The zero-order valence-electron chi connectivity index (χ0n) is 13.7. The first-order chi connectivity index (χ1) is 10.4. The fourth-order valence-electron chi connectivity index (χ4n) is 3.21. The van der Waals surface area contributed by atoms with E-state index in [1.165, 1.54) is 5.01 Å². The molecule has 1 heterocycles. The van der Waals surface area contributed by atoms with Crippen molar-refractivity contribution in [2.24, 2.45) is 11.8 Å². The van der Waals surface area contributed by atoms with Gasteiger partial charge in [0.05, 0.1) is 27.5 Å². The van der Waals surface area contributed by atoms with Gasteiger partial charge in [0.15, 0.2) is 0 Å². The Morgan fingerprint density at radius 3 is 2.64 bits per heavy atom. The summed E-state index contributed by atoms with van der Waals surface area (Å²) in [6.45, 7) is 7.25. The Bertz CT molecular complexity index is 493. The highest BCUT2D eigenvalue weighted by atomic mass is 79.9. The summed E-state index contributed by atoms with van der Waals surface area (Å²) in [7, 11) is 0. The van der Waals surface area contributed by atoms with E-state index in [4.69, 9.17) is 4.74 Å². The number of aromatic nitrogens is 1. The number of unbranched alkanes of at least 4 members (excludes halogenated alkanes) is 1. The third-order valence-electron chi connectivity index (χ3n) is 4.85. The highest BCUT2D eigenvalue weighted by Crippen LogP contribution is 2.44. The molecule has 0 radical (unpaired) electrons. The zero-order chi connectivity index (χ0) is 16.2. The Morgan fingerprint density at radius 2 is 2.09 bits per heavy atom. The van der Waals surface area contributed by atoms with Gasteiger partial charge in [-0.25, -0.2) is 4.98 Å². The minimum absolute atomic E-state index is 0.0155. The van der Waals surface area contributed by atoms with E-state index < -0.39 is 0 Å². The highest BCUT2D eigenvalue weighted by Gasteiger charge is 2.38. The molecular formula is C17H26BrNO2S. The average molecular weight is 388 g/mol. The van der Waals surface area contributed by atoms with Crippen LogP contribution in [0.2, 0.25) is 0 Å². The second kappa shape index (κ2) is 7.91. The molecule has 0 aliphatic heterocycles. The maximum atomic E-state index is 12.1. The first kappa shape index (κ1) is 17.9. The fraction of sp³-hybridized carbons (Fsp3) is 0.765. The van der Waals surface area contributed by atoms with Crippen molar-refractivity contribution in [2.45, 2.75) is 64.7 Å². The molecule has 5 heteroatoms. The monoisotopic (exact) mass is 387 g/mol.